The number of hydrogen-bond donors (Lipinski definition) is 2. The van der Waals surface area contributed by atoms with Crippen molar-refractivity contribution in [3.63, 3.8) is 0 Å². The van der Waals surface area contributed by atoms with Crippen molar-refractivity contribution in [1.29, 1.82) is 0 Å². The first-order chi connectivity index (χ1) is 10.6. The molecule has 0 unspecified atom stereocenters. The van der Waals surface area contributed by atoms with E-state index in [0.29, 0.717) is 12.1 Å². The third-order valence-corrected chi connectivity index (χ3v) is 3.36. The number of hydrogen-bond acceptors (Lipinski definition) is 3. The predicted octanol–water partition coefficient (Wildman–Crippen LogP) is 3.23. The summed E-state index contributed by atoms with van der Waals surface area (Å²) in [6, 6.07) is 13.4. The molecule has 114 valence electrons. The number of para-hydroxylation sites is 1. The van der Waals surface area contributed by atoms with Gasteiger partial charge in [0.2, 0.25) is 5.91 Å². The molecule has 4 heteroatoms. The van der Waals surface area contributed by atoms with Crippen molar-refractivity contribution in [2.75, 3.05) is 19.0 Å². The normalized spacial score (nSPS) is 10.6. The quantitative estimate of drug-likeness (QED) is 0.860. The number of anilines is 1. The van der Waals surface area contributed by atoms with E-state index in [2.05, 4.69) is 5.32 Å². The van der Waals surface area contributed by atoms with Gasteiger partial charge in [0.05, 0.1) is 7.11 Å². The van der Waals surface area contributed by atoms with Gasteiger partial charge in [-0.05, 0) is 30.7 Å². The van der Waals surface area contributed by atoms with Gasteiger partial charge in [0.25, 0.3) is 0 Å². The van der Waals surface area contributed by atoms with Crippen LogP contribution in [0.1, 0.15) is 21.5 Å². The molecule has 2 aromatic rings. The number of carbonyl (C=O) groups excluding carboxylic acids is 1. The fraction of sp³-hybridized carbons (Fsp3) is 0.167. The summed E-state index contributed by atoms with van der Waals surface area (Å²) in [6.07, 6.45) is 4.00. The minimum atomic E-state index is -0.411. The van der Waals surface area contributed by atoms with Gasteiger partial charge in [0.15, 0.2) is 0 Å². The minimum Gasteiger partial charge on any atom is -0.496 e. The van der Waals surface area contributed by atoms with Crippen LogP contribution in [0.3, 0.4) is 0 Å². The van der Waals surface area contributed by atoms with E-state index in [-0.39, 0.29) is 0 Å². The summed E-state index contributed by atoms with van der Waals surface area (Å²) >= 11 is 0. The van der Waals surface area contributed by atoms with Gasteiger partial charge in [-0.1, -0.05) is 36.4 Å². The van der Waals surface area contributed by atoms with E-state index in [9.17, 15) is 4.79 Å². The average Bonchev–Trinajstić information content (AvgIpc) is 2.53. The lowest BCUT2D eigenvalue weighted by atomic mass is 10.1. The molecule has 3 N–H and O–H groups in total. The molecule has 0 fully saturated rings. The SMILES string of the molecule is COc1ccccc1/C=C/CNc1ccc(C)c(C(N)=O)c1. The lowest BCUT2D eigenvalue weighted by molar-refractivity contribution is 0.1000. The number of rotatable bonds is 6. The van der Waals surface area contributed by atoms with Gasteiger partial charge in [0, 0.05) is 23.4 Å². The topological polar surface area (TPSA) is 64.3 Å². The Bertz CT molecular complexity index is 693. The van der Waals surface area contributed by atoms with E-state index in [4.69, 9.17) is 10.5 Å². The van der Waals surface area contributed by atoms with Gasteiger partial charge in [0.1, 0.15) is 5.75 Å². The number of aryl methyl sites for hydroxylation is 1. The molecule has 2 aromatic carbocycles. The number of nitrogens with one attached hydrogen (secondary N) is 1. The Morgan fingerprint density at radius 3 is 2.77 bits per heavy atom. The highest BCUT2D eigenvalue weighted by atomic mass is 16.5. The van der Waals surface area contributed by atoms with Gasteiger partial charge in [-0.15, -0.1) is 0 Å². The predicted molar refractivity (Wildman–Crippen MR) is 90.2 cm³/mol. The molecular formula is C18H20N2O2. The number of carbonyl (C=O) groups is 1. The third-order valence-electron chi connectivity index (χ3n) is 3.36. The Kier molecular flexibility index (Phi) is 5.20. The number of methoxy groups -OCH3 is 1. The number of nitrogens with two attached hydrogens (primary N) is 1. The monoisotopic (exact) mass is 296 g/mol. The van der Waals surface area contributed by atoms with Crippen LogP contribution in [0.25, 0.3) is 6.08 Å². The van der Waals surface area contributed by atoms with Crippen LogP contribution in [0.4, 0.5) is 5.69 Å². The molecule has 0 heterocycles. The van der Waals surface area contributed by atoms with E-state index in [1.807, 2.05) is 55.5 Å². The van der Waals surface area contributed by atoms with Crippen LogP contribution in [-0.4, -0.2) is 19.6 Å². The van der Waals surface area contributed by atoms with Crippen molar-refractivity contribution in [1.82, 2.24) is 0 Å². The molecular weight excluding hydrogens is 276 g/mol. The maximum absolute atomic E-state index is 11.3. The second kappa shape index (κ2) is 7.31. The highest BCUT2D eigenvalue weighted by Crippen LogP contribution is 2.19. The molecule has 22 heavy (non-hydrogen) atoms. The lowest BCUT2D eigenvalue weighted by Gasteiger charge is -2.07. The lowest BCUT2D eigenvalue weighted by Crippen LogP contribution is -2.13. The first kappa shape index (κ1) is 15.6. The first-order valence-corrected chi connectivity index (χ1v) is 7.05. The Balaban J connectivity index is 2.00. The summed E-state index contributed by atoms with van der Waals surface area (Å²) < 4.78 is 5.29. The zero-order valence-corrected chi connectivity index (χ0v) is 12.8. The van der Waals surface area contributed by atoms with E-state index >= 15 is 0 Å². The summed E-state index contributed by atoms with van der Waals surface area (Å²) in [7, 11) is 1.66. The standard InChI is InChI=1S/C18H20N2O2/c1-13-9-10-15(12-16(13)18(19)21)20-11-5-7-14-6-3-4-8-17(14)22-2/h3-10,12,20H,11H2,1-2H3,(H2,19,21)/b7-5+. The Morgan fingerprint density at radius 1 is 1.27 bits per heavy atom. The van der Waals surface area contributed by atoms with Crippen molar-refractivity contribution < 1.29 is 9.53 Å². The minimum absolute atomic E-state index is 0.411. The van der Waals surface area contributed by atoms with Gasteiger partial charge >= 0.3 is 0 Å². The van der Waals surface area contributed by atoms with Gasteiger partial charge < -0.3 is 15.8 Å². The zero-order valence-electron chi connectivity index (χ0n) is 12.8. The number of benzene rings is 2. The molecule has 0 spiro atoms. The highest BCUT2D eigenvalue weighted by Gasteiger charge is 2.05. The molecule has 1 amide bonds. The summed E-state index contributed by atoms with van der Waals surface area (Å²) in [5.74, 6) is 0.427. The molecule has 2 rings (SSSR count). The fourth-order valence-corrected chi connectivity index (χ4v) is 2.16. The fourth-order valence-electron chi connectivity index (χ4n) is 2.16. The average molecular weight is 296 g/mol. The van der Waals surface area contributed by atoms with Crippen LogP contribution in [0, 0.1) is 6.92 Å². The summed E-state index contributed by atoms with van der Waals surface area (Å²) in [6.45, 7) is 2.50. The zero-order chi connectivity index (χ0) is 15.9. The Labute approximate surface area is 130 Å². The van der Waals surface area contributed by atoms with E-state index in [1.54, 1.807) is 13.2 Å². The largest absolute Gasteiger partial charge is 0.496 e. The Hall–Kier alpha value is -2.75. The van der Waals surface area contributed by atoms with Crippen molar-refractivity contribution in [2.45, 2.75) is 6.92 Å². The molecule has 0 aliphatic rings. The summed E-state index contributed by atoms with van der Waals surface area (Å²) in [5.41, 5.74) is 8.66. The van der Waals surface area contributed by atoms with Crippen LogP contribution >= 0.6 is 0 Å². The molecule has 4 nitrogen and oxygen atoms in total. The number of ether oxygens (including phenoxy) is 1. The van der Waals surface area contributed by atoms with E-state index in [0.717, 1.165) is 22.6 Å². The van der Waals surface area contributed by atoms with Crippen molar-refractivity contribution in [3.8, 4) is 5.75 Å². The van der Waals surface area contributed by atoms with E-state index < -0.39 is 5.91 Å². The molecule has 0 saturated carbocycles. The van der Waals surface area contributed by atoms with Crippen LogP contribution in [-0.2, 0) is 0 Å². The molecule has 0 aliphatic carbocycles. The maximum atomic E-state index is 11.3. The van der Waals surface area contributed by atoms with Gasteiger partial charge in [-0.25, -0.2) is 0 Å². The molecule has 0 atom stereocenters. The second-order valence-corrected chi connectivity index (χ2v) is 4.92. The smallest absolute Gasteiger partial charge is 0.249 e. The van der Waals surface area contributed by atoms with Crippen molar-refractivity contribution in [3.05, 3.63) is 65.2 Å². The van der Waals surface area contributed by atoms with Crippen molar-refractivity contribution >= 4 is 17.7 Å². The van der Waals surface area contributed by atoms with Crippen molar-refractivity contribution in [2.24, 2.45) is 5.73 Å². The van der Waals surface area contributed by atoms with E-state index in [1.165, 1.54) is 0 Å². The maximum Gasteiger partial charge on any atom is 0.249 e. The molecule has 0 radical (unpaired) electrons. The van der Waals surface area contributed by atoms with Gasteiger partial charge in [-0.3, -0.25) is 4.79 Å². The number of primary amides is 1. The molecule has 0 aliphatic heterocycles. The first-order valence-electron chi connectivity index (χ1n) is 7.05. The molecule has 0 saturated heterocycles. The van der Waals surface area contributed by atoms with Crippen LogP contribution < -0.4 is 15.8 Å². The molecule has 0 bridgehead atoms. The third kappa shape index (κ3) is 3.88. The second-order valence-electron chi connectivity index (χ2n) is 4.92. The van der Waals surface area contributed by atoms with Crippen LogP contribution in [0.5, 0.6) is 5.75 Å². The summed E-state index contributed by atoms with van der Waals surface area (Å²) in [5, 5.41) is 3.24. The van der Waals surface area contributed by atoms with Crippen LogP contribution in [0.15, 0.2) is 48.5 Å². The number of amides is 1. The molecule has 0 aromatic heterocycles. The van der Waals surface area contributed by atoms with Gasteiger partial charge in [-0.2, -0.15) is 0 Å². The Morgan fingerprint density at radius 2 is 2.05 bits per heavy atom. The summed E-state index contributed by atoms with van der Waals surface area (Å²) in [4.78, 5) is 11.3. The van der Waals surface area contributed by atoms with Crippen LogP contribution in [0.2, 0.25) is 0 Å². The highest BCUT2D eigenvalue weighted by molar-refractivity contribution is 5.95.